The molecule has 0 unspecified atom stereocenters. The zero-order valence-electron chi connectivity index (χ0n) is 7.00. The van der Waals surface area contributed by atoms with Gasteiger partial charge >= 0.3 is 6.18 Å². The molecule has 0 amide bonds. The van der Waals surface area contributed by atoms with Crippen molar-refractivity contribution in [3.05, 3.63) is 33.6 Å². The third kappa shape index (κ3) is 1.98. The van der Waals surface area contributed by atoms with Crippen LogP contribution in [0.4, 0.5) is 18.9 Å². The Morgan fingerprint density at radius 1 is 1.50 bits per heavy atom. The van der Waals surface area contributed by atoms with Crippen molar-refractivity contribution in [3.63, 3.8) is 0 Å². The monoisotopic (exact) mass is 206 g/mol. The van der Waals surface area contributed by atoms with E-state index in [-0.39, 0.29) is 5.69 Å². The van der Waals surface area contributed by atoms with Gasteiger partial charge in [0, 0.05) is 5.69 Å². The van der Waals surface area contributed by atoms with Gasteiger partial charge in [-0.3, -0.25) is 15.1 Å². The fraction of sp³-hybridized carbons (Fsp3) is 0.286. The Hall–Kier alpha value is -1.66. The second-order valence-corrected chi connectivity index (χ2v) is 2.60. The maximum absolute atomic E-state index is 12.3. The molecular weight excluding hydrogens is 201 g/mol. The molecule has 0 aliphatic heterocycles. The molecule has 0 aliphatic rings. The van der Waals surface area contributed by atoms with Crippen LogP contribution in [-0.4, -0.2) is 9.91 Å². The summed E-state index contributed by atoms with van der Waals surface area (Å²) in [6.45, 7) is 1.33. The van der Waals surface area contributed by atoms with E-state index in [2.05, 4.69) is 4.98 Å². The number of aromatic nitrogens is 1. The third-order valence-electron chi connectivity index (χ3n) is 1.52. The molecule has 0 atom stereocenters. The van der Waals surface area contributed by atoms with Crippen molar-refractivity contribution in [3.8, 4) is 0 Å². The average molecular weight is 206 g/mol. The fourth-order valence-electron chi connectivity index (χ4n) is 0.925. The summed E-state index contributed by atoms with van der Waals surface area (Å²) in [5, 5.41) is 10.2. The van der Waals surface area contributed by atoms with Crippen LogP contribution >= 0.6 is 0 Å². The lowest BCUT2D eigenvalue weighted by Gasteiger charge is -2.06. The van der Waals surface area contributed by atoms with E-state index in [1.807, 2.05) is 0 Å². The molecule has 76 valence electrons. The van der Waals surface area contributed by atoms with Gasteiger partial charge in [0.1, 0.15) is 11.8 Å². The predicted molar refractivity (Wildman–Crippen MR) is 40.6 cm³/mol. The van der Waals surface area contributed by atoms with Gasteiger partial charge in [-0.1, -0.05) is 0 Å². The van der Waals surface area contributed by atoms with Crippen LogP contribution in [-0.2, 0) is 6.18 Å². The van der Waals surface area contributed by atoms with Crippen molar-refractivity contribution < 1.29 is 18.1 Å². The molecule has 0 N–H and O–H groups in total. The zero-order chi connectivity index (χ0) is 10.9. The Labute approximate surface area is 76.5 Å². The quantitative estimate of drug-likeness (QED) is 0.523. The van der Waals surface area contributed by atoms with Crippen LogP contribution < -0.4 is 0 Å². The zero-order valence-corrected chi connectivity index (χ0v) is 7.00. The highest BCUT2D eigenvalue weighted by Crippen LogP contribution is 2.35. The van der Waals surface area contributed by atoms with Crippen LogP contribution in [0.1, 0.15) is 11.3 Å². The van der Waals surface area contributed by atoms with Crippen LogP contribution in [0.3, 0.4) is 0 Å². The van der Waals surface area contributed by atoms with E-state index in [9.17, 15) is 23.3 Å². The summed E-state index contributed by atoms with van der Waals surface area (Å²) < 4.78 is 36.8. The Balaban J connectivity index is 3.38. The summed E-state index contributed by atoms with van der Waals surface area (Å²) in [6.07, 6.45) is -4.12. The second kappa shape index (κ2) is 3.24. The molecule has 0 radical (unpaired) electrons. The largest absolute Gasteiger partial charge is 0.423 e. The second-order valence-electron chi connectivity index (χ2n) is 2.60. The number of hydrogen-bond acceptors (Lipinski definition) is 3. The van der Waals surface area contributed by atoms with E-state index in [0.29, 0.717) is 12.3 Å². The molecule has 0 aromatic carbocycles. The molecule has 0 fully saturated rings. The maximum Gasteiger partial charge on any atom is 0.423 e. The number of pyridine rings is 1. The Morgan fingerprint density at radius 3 is 2.50 bits per heavy atom. The lowest BCUT2D eigenvalue weighted by atomic mass is 10.2. The van der Waals surface area contributed by atoms with Crippen molar-refractivity contribution in [1.82, 2.24) is 4.98 Å². The van der Waals surface area contributed by atoms with Crippen molar-refractivity contribution >= 4 is 5.69 Å². The van der Waals surface area contributed by atoms with E-state index in [1.165, 1.54) is 6.92 Å². The summed E-state index contributed by atoms with van der Waals surface area (Å²) in [5.41, 5.74) is -2.21. The minimum Gasteiger partial charge on any atom is -0.258 e. The minimum atomic E-state index is -4.73. The minimum absolute atomic E-state index is 0.0860. The van der Waals surface area contributed by atoms with Crippen LogP contribution in [0.15, 0.2) is 12.3 Å². The number of aryl methyl sites for hydroxylation is 1. The molecular formula is C7H5F3N2O2. The van der Waals surface area contributed by atoms with Gasteiger partial charge in [-0.2, -0.15) is 13.2 Å². The lowest BCUT2D eigenvalue weighted by molar-refractivity contribution is -0.388. The van der Waals surface area contributed by atoms with Crippen molar-refractivity contribution in [2.75, 3.05) is 0 Å². The topological polar surface area (TPSA) is 56.0 Å². The Morgan fingerprint density at radius 2 is 2.07 bits per heavy atom. The van der Waals surface area contributed by atoms with Gasteiger partial charge in [0.25, 0.3) is 5.69 Å². The van der Waals surface area contributed by atoms with Gasteiger partial charge in [0.2, 0.25) is 0 Å². The Bertz CT molecular complexity index is 376. The predicted octanol–water partition coefficient (Wildman–Crippen LogP) is 2.32. The molecule has 1 aromatic rings. The summed E-state index contributed by atoms with van der Waals surface area (Å²) in [6, 6.07) is 0.651. The number of hydrogen-bond donors (Lipinski definition) is 0. The number of rotatable bonds is 1. The average Bonchev–Trinajstić information content (AvgIpc) is 2.01. The van der Waals surface area contributed by atoms with Crippen molar-refractivity contribution in [2.24, 2.45) is 0 Å². The smallest absolute Gasteiger partial charge is 0.258 e. The van der Waals surface area contributed by atoms with E-state index in [0.717, 1.165) is 0 Å². The molecule has 0 bridgehead atoms. The van der Waals surface area contributed by atoms with Crippen molar-refractivity contribution in [1.29, 1.82) is 0 Å². The van der Waals surface area contributed by atoms with Crippen LogP contribution in [0.2, 0.25) is 0 Å². The first-order chi connectivity index (χ1) is 6.32. The molecule has 0 spiro atoms. The first kappa shape index (κ1) is 10.4. The summed E-state index contributed by atoms with van der Waals surface area (Å²) >= 11 is 0. The van der Waals surface area contributed by atoms with Gasteiger partial charge in [-0.15, -0.1) is 0 Å². The van der Waals surface area contributed by atoms with Crippen molar-refractivity contribution in [2.45, 2.75) is 13.1 Å². The molecule has 0 saturated heterocycles. The first-order valence-corrected chi connectivity index (χ1v) is 3.50. The number of halogens is 3. The highest BCUT2D eigenvalue weighted by atomic mass is 19.4. The SMILES string of the molecule is Cc1cc(C(F)(F)F)c([N+](=O)[O-])cn1. The number of alkyl halides is 3. The third-order valence-corrected chi connectivity index (χ3v) is 1.52. The number of nitrogens with zero attached hydrogens (tertiary/aromatic N) is 2. The standard InChI is InChI=1S/C7H5F3N2O2/c1-4-2-5(7(8,9)10)6(3-11-4)12(13)14/h2-3H,1H3. The molecule has 0 aliphatic carbocycles. The van der Waals surface area contributed by atoms with E-state index >= 15 is 0 Å². The molecule has 7 heteroatoms. The Kier molecular flexibility index (Phi) is 2.41. The molecule has 1 heterocycles. The molecule has 14 heavy (non-hydrogen) atoms. The van der Waals surface area contributed by atoms with Gasteiger partial charge in [-0.25, -0.2) is 0 Å². The van der Waals surface area contributed by atoms with Gasteiger partial charge in [0.15, 0.2) is 0 Å². The van der Waals surface area contributed by atoms with Gasteiger partial charge < -0.3 is 0 Å². The highest BCUT2D eigenvalue weighted by molar-refractivity contribution is 5.40. The molecule has 4 nitrogen and oxygen atoms in total. The molecule has 0 saturated carbocycles. The van der Waals surface area contributed by atoms with Crippen LogP contribution in [0.25, 0.3) is 0 Å². The van der Waals surface area contributed by atoms with E-state index < -0.39 is 22.4 Å². The summed E-state index contributed by atoms with van der Waals surface area (Å²) in [5.74, 6) is 0. The van der Waals surface area contributed by atoms with Crippen LogP contribution in [0.5, 0.6) is 0 Å². The van der Waals surface area contributed by atoms with Crippen LogP contribution in [0, 0.1) is 17.0 Å². The molecule has 1 rings (SSSR count). The van der Waals surface area contributed by atoms with E-state index in [4.69, 9.17) is 0 Å². The first-order valence-electron chi connectivity index (χ1n) is 3.50. The van der Waals surface area contributed by atoms with E-state index in [1.54, 1.807) is 0 Å². The summed E-state index contributed by atoms with van der Waals surface area (Å²) in [7, 11) is 0. The summed E-state index contributed by atoms with van der Waals surface area (Å²) in [4.78, 5) is 12.6. The van der Waals surface area contributed by atoms with Gasteiger partial charge in [-0.05, 0) is 13.0 Å². The maximum atomic E-state index is 12.3. The lowest BCUT2D eigenvalue weighted by Crippen LogP contribution is -2.09. The fourth-order valence-corrected chi connectivity index (χ4v) is 0.925. The number of nitro groups is 1. The highest BCUT2D eigenvalue weighted by Gasteiger charge is 2.38. The molecule has 1 aromatic heterocycles. The van der Waals surface area contributed by atoms with Gasteiger partial charge in [0.05, 0.1) is 4.92 Å². The normalized spacial score (nSPS) is 11.4.